The van der Waals surface area contributed by atoms with Crippen molar-refractivity contribution >= 4 is 34.8 Å². The Morgan fingerprint density at radius 2 is 1.81 bits per heavy atom. The minimum Gasteiger partial charge on any atom is -0.497 e. The van der Waals surface area contributed by atoms with Crippen LogP contribution in [0.3, 0.4) is 0 Å². The maximum absolute atomic E-state index is 12.6. The van der Waals surface area contributed by atoms with E-state index in [9.17, 15) is 9.59 Å². The predicted molar refractivity (Wildman–Crippen MR) is 102 cm³/mol. The molecule has 2 amide bonds. The van der Waals surface area contributed by atoms with E-state index in [1.165, 1.54) is 14.2 Å². The smallest absolute Gasteiger partial charge is 0.259 e. The number of anilines is 2. The van der Waals surface area contributed by atoms with Gasteiger partial charge in [0.25, 0.3) is 5.91 Å². The highest BCUT2D eigenvalue weighted by Crippen LogP contribution is 2.29. The van der Waals surface area contributed by atoms with Crippen molar-refractivity contribution < 1.29 is 19.1 Å². The van der Waals surface area contributed by atoms with Gasteiger partial charge in [-0.05, 0) is 36.8 Å². The van der Waals surface area contributed by atoms with Crippen LogP contribution in [-0.2, 0) is 4.79 Å². The van der Waals surface area contributed by atoms with E-state index in [-0.39, 0.29) is 11.8 Å². The third-order valence-corrected chi connectivity index (χ3v) is 3.96. The van der Waals surface area contributed by atoms with E-state index in [0.29, 0.717) is 39.9 Å². The number of carbonyl (C=O) groups excluding carboxylic acids is 2. The summed E-state index contributed by atoms with van der Waals surface area (Å²) in [6.07, 6.45) is 1.17. The molecule has 0 radical (unpaired) electrons. The monoisotopic (exact) mass is 376 g/mol. The summed E-state index contributed by atoms with van der Waals surface area (Å²) in [6.45, 7) is 1.93. The Kier molecular flexibility index (Phi) is 6.86. The van der Waals surface area contributed by atoms with E-state index in [1.54, 1.807) is 36.4 Å². The van der Waals surface area contributed by atoms with E-state index in [1.807, 2.05) is 6.92 Å². The third-order valence-electron chi connectivity index (χ3n) is 3.63. The molecule has 0 spiro atoms. The highest BCUT2D eigenvalue weighted by Gasteiger charge is 2.15. The van der Waals surface area contributed by atoms with Crippen molar-refractivity contribution in [2.75, 3.05) is 24.9 Å². The number of benzene rings is 2. The number of methoxy groups -OCH3 is 2. The van der Waals surface area contributed by atoms with Gasteiger partial charge in [-0.2, -0.15) is 0 Å². The molecule has 0 bridgehead atoms. The van der Waals surface area contributed by atoms with Crippen LogP contribution in [0.2, 0.25) is 5.02 Å². The number of rotatable bonds is 7. The minimum absolute atomic E-state index is 0.0936. The largest absolute Gasteiger partial charge is 0.497 e. The number of hydrogen-bond donors (Lipinski definition) is 2. The van der Waals surface area contributed by atoms with Gasteiger partial charge < -0.3 is 20.1 Å². The molecule has 0 atom stereocenters. The van der Waals surface area contributed by atoms with E-state index < -0.39 is 0 Å². The highest BCUT2D eigenvalue weighted by molar-refractivity contribution is 6.34. The molecular weight excluding hydrogens is 356 g/mol. The Hall–Kier alpha value is -2.73. The molecule has 0 aliphatic carbocycles. The molecule has 0 aliphatic heterocycles. The molecule has 2 aromatic carbocycles. The zero-order chi connectivity index (χ0) is 19.1. The average Bonchev–Trinajstić information content (AvgIpc) is 2.64. The standard InChI is InChI=1S/C19H21ClN2O4/c1-4-5-18(23)21-12-6-9-15(20)16(10-12)22-19(24)14-8-7-13(25-2)11-17(14)26-3/h6-11H,4-5H2,1-3H3,(H,21,23)(H,22,24). The summed E-state index contributed by atoms with van der Waals surface area (Å²) in [5.74, 6) is 0.481. The second kappa shape index (κ2) is 9.10. The second-order valence-electron chi connectivity index (χ2n) is 5.51. The Morgan fingerprint density at radius 1 is 1.04 bits per heavy atom. The molecule has 0 fully saturated rings. The minimum atomic E-state index is -0.386. The van der Waals surface area contributed by atoms with Crippen molar-refractivity contribution in [2.24, 2.45) is 0 Å². The first kappa shape index (κ1) is 19.6. The Balaban J connectivity index is 2.22. The summed E-state index contributed by atoms with van der Waals surface area (Å²) in [6, 6.07) is 9.80. The van der Waals surface area contributed by atoms with Gasteiger partial charge in [0.15, 0.2) is 0 Å². The lowest BCUT2D eigenvalue weighted by Gasteiger charge is -2.13. The second-order valence-corrected chi connectivity index (χ2v) is 5.92. The number of carbonyl (C=O) groups is 2. The molecule has 2 N–H and O–H groups in total. The van der Waals surface area contributed by atoms with E-state index in [0.717, 1.165) is 6.42 Å². The number of nitrogens with one attached hydrogen (secondary N) is 2. The van der Waals surface area contributed by atoms with E-state index >= 15 is 0 Å². The van der Waals surface area contributed by atoms with Crippen molar-refractivity contribution in [3.63, 3.8) is 0 Å². The summed E-state index contributed by atoms with van der Waals surface area (Å²) in [5, 5.41) is 5.87. The predicted octanol–water partition coefficient (Wildman–Crippen LogP) is 4.35. The van der Waals surface area contributed by atoms with Crippen molar-refractivity contribution in [1.82, 2.24) is 0 Å². The maximum atomic E-state index is 12.6. The van der Waals surface area contributed by atoms with Crippen LogP contribution in [0.1, 0.15) is 30.1 Å². The van der Waals surface area contributed by atoms with Gasteiger partial charge in [-0.1, -0.05) is 18.5 Å². The fourth-order valence-electron chi connectivity index (χ4n) is 2.33. The van der Waals surface area contributed by atoms with Crippen molar-refractivity contribution in [3.8, 4) is 11.5 Å². The lowest BCUT2D eigenvalue weighted by atomic mass is 10.1. The normalized spacial score (nSPS) is 10.2. The highest BCUT2D eigenvalue weighted by atomic mass is 35.5. The molecule has 0 aromatic heterocycles. The van der Waals surface area contributed by atoms with Gasteiger partial charge in [0, 0.05) is 18.2 Å². The molecule has 0 aliphatic rings. The average molecular weight is 377 g/mol. The van der Waals surface area contributed by atoms with Gasteiger partial charge in [-0.15, -0.1) is 0 Å². The first-order valence-corrected chi connectivity index (χ1v) is 8.49. The first-order chi connectivity index (χ1) is 12.5. The van der Waals surface area contributed by atoms with Gasteiger partial charge in [0.2, 0.25) is 5.91 Å². The molecular formula is C19H21ClN2O4. The Morgan fingerprint density at radius 3 is 2.46 bits per heavy atom. The van der Waals surface area contributed by atoms with Crippen LogP contribution in [0.15, 0.2) is 36.4 Å². The lowest BCUT2D eigenvalue weighted by molar-refractivity contribution is -0.116. The summed E-state index contributed by atoms with van der Waals surface area (Å²) in [4.78, 5) is 24.3. The zero-order valence-corrected chi connectivity index (χ0v) is 15.6. The van der Waals surface area contributed by atoms with Crippen LogP contribution >= 0.6 is 11.6 Å². The topological polar surface area (TPSA) is 76.7 Å². The number of amides is 2. The number of hydrogen-bond acceptors (Lipinski definition) is 4. The van der Waals surface area contributed by atoms with E-state index in [4.69, 9.17) is 21.1 Å². The number of halogens is 1. The molecule has 0 heterocycles. The van der Waals surface area contributed by atoms with Crippen LogP contribution < -0.4 is 20.1 Å². The van der Waals surface area contributed by atoms with Crippen LogP contribution in [0.4, 0.5) is 11.4 Å². The fourth-order valence-corrected chi connectivity index (χ4v) is 2.49. The van der Waals surface area contributed by atoms with Gasteiger partial charge in [0.05, 0.1) is 30.5 Å². The van der Waals surface area contributed by atoms with Gasteiger partial charge in [-0.3, -0.25) is 9.59 Å². The summed E-state index contributed by atoms with van der Waals surface area (Å²) >= 11 is 6.17. The Labute approximate surface area is 157 Å². The lowest BCUT2D eigenvalue weighted by Crippen LogP contribution is -2.15. The molecule has 2 rings (SSSR count). The van der Waals surface area contributed by atoms with Gasteiger partial charge >= 0.3 is 0 Å². The molecule has 0 unspecified atom stereocenters. The maximum Gasteiger partial charge on any atom is 0.259 e. The van der Waals surface area contributed by atoms with Crippen LogP contribution in [0.5, 0.6) is 11.5 Å². The molecule has 2 aromatic rings. The molecule has 0 saturated carbocycles. The van der Waals surface area contributed by atoms with E-state index in [2.05, 4.69) is 10.6 Å². The van der Waals surface area contributed by atoms with Crippen molar-refractivity contribution in [3.05, 3.63) is 47.0 Å². The van der Waals surface area contributed by atoms with Crippen LogP contribution in [0.25, 0.3) is 0 Å². The summed E-state index contributed by atoms with van der Waals surface area (Å²) < 4.78 is 10.4. The van der Waals surface area contributed by atoms with Crippen molar-refractivity contribution in [1.29, 1.82) is 0 Å². The molecule has 0 saturated heterocycles. The first-order valence-electron chi connectivity index (χ1n) is 8.11. The zero-order valence-electron chi connectivity index (χ0n) is 14.9. The fraction of sp³-hybridized carbons (Fsp3) is 0.263. The Bertz CT molecular complexity index is 808. The van der Waals surface area contributed by atoms with Crippen LogP contribution in [-0.4, -0.2) is 26.0 Å². The third kappa shape index (κ3) is 4.89. The van der Waals surface area contributed by atoms with Gasteiger partial charge in [-0.25, -0.2) is 0 Å². The molecule has 7 heteroatoms. The molecule has 26 heavy (non-hydrogen) atoms. The summed E-state index contributed by atoms with van der Waals surface area (Å²) in [7, 11) is 3.01. The van der Waals surface area contributed by atoms with Crippen LogP contribution in [0, 0.1) is 0 Å². The SMILES string of the molecule is CCCC(=O)Nc1ccc(Cl)c(NC(=O)c2ccc(OC)cc2OC)c1. The summed E-state index contributed by atoms with van der Waals surface area (Å²) in [5.41, 5.74) is 1.29. The molecule has 6 nitrogen and oxygen atoms in total. The van der Waals surface area contributed by atoms with Gasteiger partial charge in [0.1, 0.15) is 11.5 Å². The number of ether oxygens (including phenoxy) is 2. The quantitative estimate of drug-likeness (QED) is 0.753. The molecule has 138 valence electrons. The van der Waals surface area contributed by atoms with Crippen molar-refractivity contribution in [2.45, 2.75) is 19.8 Å².